The quantitative estimate of drug-likeness (QED) is 0.495. The first-order valence-corrected chi connectivity index (χ1v) is 8.04. The van der Waals surface area contributed by atoms with Gasteiger partial charge in [0.15, 0.2) is 11.6 Å². The third kappa shape index (κ3) is 4.57. The molecular weight excluding hydrogens is 351 g/mol. The van der Waals surface area contributed by atoms with Crippen LogP contribution >= 0.6 is 11.3 Å². The Kier molecular flexibility index (Phi) is 5.30. The number of hydrogen-bond donors (Lipinski definition) is 1. The molecule has 1 heterocycles. The number of rotatable bonds is 6. The van der Waals surface area contributed by atoms with Gasteiger partial charge >= 0.3 is 6.61 Å². The fraction of sp³-hybridized carbons (Fsp3) is 0.0588. The second-order valence-electron chi connectivity index (χ2n) is 4.84. The van der Waals surface area contributed by atoms with Crippen LogP contribution in [-0.2, 0) is 0 Å². The number of thiazole rings is 1. The minimum Gasteiger partial charge on any atom is -0.432 e. The van der Waals surface area contributed by atoms with E-state index in [1.807, 2.05) is 35.7 Å². The van der Waals surface area contributed by atoms with Crippen LogP contribution in [-0.4, -0.2) is 17.8 Å². The van der Waals surface area contributed by atoms with Gasteiger partial charge in [0.1, 0.15) is 0 Å². The highest BCUT2D eigenvalue weighted by molar-refractivity contribution is 7.14. The Balaban J connectivity index is 1.64. The van der Waals surface area contributed by atoms with Crippen molar-refractivity contribution in [2.24, 2.45) is 5.10 Å². The van der Waals surface area contributed by atoms with Gasteiger partial charge in [-0.2, -0.15) is 13.9 Å². The Morgan fingerprint density at radius 2 is 1.96 bits per heavy atom. The van der Waals surface area contributed by atoms with Gasteiger partial charge in [-0.3, -0.25) is 5.43 Å². The Hall–Kier alpha value is -2.87. The van der Waals surface area contributed by atoms with Crippen LogP contribution in [0.1, 0.15) is 5.56 Å². The number of aromatic nitrogens is 1. The molecule has 0 aliphatic carbocycles. The van der Waals surface area contributed by atoms with Gasteiger partial charge in [-0.25, -0.2) is 9.37 Å². The highest BCUT2D eigenvalue weighted by Gasteiger charge is 2.09. The minimum atomic E-state index is -3.07. The predicted molar refractivity (Wildman–Crippen MR) is 91.8 cm³/mol. The van der Waals surface area contributed by atoms with Gasteiger partial charge in [-0.05, 0) is 23.8 Å². The monoisotopic (exact) mass is 363 g/mol. The number of benzene rings is 2. The maximum atomic E-state index is 13.6. The number of anilines is 1. The van der Waals surface area contributed by atoms with Crippen LogP contribution < -0.4 is 10.2 Å². The molecule has 0 bridgehead atoms. The van der Waals surface area contributed by atoms with Gasteiger partial charge in [0, 0.05) is 10.9 Å². The Bertz CT molecular complexity index is 869. The van der Waals surface area contributed by atoms with Crippen LogP contribution in [0.15, 0.2) is 59.0 Å². The molecule has 0 amide bonds. The van der Waals surface area contributed by atoms with Crippen molar-refractivity contribution in [3.8, 4) is 17.0 Å². The first-order valence-electron chi connectivity index (χ1n) is 7.16. The summed E-state index contributed by atoms with van der Waals surface area (Å²) in [5, 5.41) is 6.44. The molecule has 0 spiro atoms. The SMILES string of the molecule is Fc1cc(C=NNc2nc(-c3ccccc3)cs2)ccc1OC(F)F. The zero-order chi connectivity index (χ0) is 17.6. The van der Waals surface area contributed by atoms with Crippen molar-refractivity contribution < 1.29 is 17.9 Å². The van der Waals surface area contributed by atoms with Crippen molar-refractivity contribution in [2.75, 3.05) is 5.43 Å². The molecule has 2 aromatic carbocycles. The predicted octanol–water partition coefficient (Wildman–Crippen LogP) is 5.00. The smallest absolute Gasteiger partial charge is 0.387 e. The Labute approximate surface area is 145 Å². The Morgan fingerprint density at radius 1 is 1.16 bits per heavy atom. The van der Waals surface area contributed by atoms with Gasteiger partial charge in [0.05, 0.1) is 11.9 Å². The number of alkyl halides is 2. The first-order chi connectivity index (χ1) is 12.1. The highest BCUT2D eigenvalue weighted by atomic mass is 32.1. The largest absolute Gasteiger partial charge is 0.432 e. The number of nitrogens with one attached hydrogen (secondary N) is 1. The van der Waals surface area contributed by atoms with Crippen LogP contribution in [0.3, 0.4) is 0 Å². The molecular formula is C17H12F3N3OS. The van der Waals surface area contributed by atoms with Crippen molar-refractivity contribution in [3.05, 3.63) is 65.3 Å². The van der Waals surface area contributed by atoms with E-state index in [0.717, 1.165) is 23.4 Å². The lowest BCUT2D eigenvalue weighted by Gasteiger charge is -2.05. The zero-order valence-corrected chi connectivity index (χ0v) is 13.5. The summed E-state index contributed by atoms with van der Waals surface area (Å²) in [6.45, 7) is -3.07. The van der Waals surface area contributed by atoms with Crippen molar-refractivity contribution >= 4 is 22.7 Å². The molecule has 1 aromatic heterocycles. The lowest BCUT2D eigenvalue weighted by Crippen LogP contribution is -2.04. The van der Waals surface area contributed by atoms with Crippen LogP contribution in [0.2, 0.25) is 0 Å². The van der Waals surface area contributed by atoms with E-state index >= 15 is 0 Å². The lowest BCUT2D eigenvalue weighted by atomic mass is 10.2. The van der Waals surface area contributed by atoms with Crippen molar-refractivity contribution in [2.45, 2.75) is 6.61 Å². The number of halogens is 3. The summed E-state index contributed by atoms with van der Waals surface area (Å²) in [6, 6.07) is 13.3. The maximum Gasteiger partial charge on any atom is 0.387 e. The fourth-order valence-electron chi connectivity index (χ4n) is 2.02. The second-order valence-corrected chi connectivity index (χ2v) is 5.70. The summed E-state index contributed by atoms with van der Waals surface area (Å²) in [6.07, 6.45) is 1.36. The molecule has 0 aliphatic rings. The molecule has 0 atom stereocenters. The summed E-state index contributed by atoms with van der Waals surface area (Å²) in [5.41, 5.74) is 4.96. The molecule has 25 heavy (non-hydrogen) atoms. The van der Waals surface area contributed by atoms with E-state index in [1.54, 1.807) is 0 Å². The average Bonchev–Trinajstić information content (AvgIpc) is 3.07. The normalized spacial score (nSPS) is 11.2. The second kappa shape index (κ2) is 7.80. The molecule has 3 rings (SSSR count). The molecule has 0 aliphatic heterocycles. The number of hydrazone groups is 1. The number of ether oxygens (including phenoxy) is 1. The third-order valence-corrected chi connectivity index (χ3v) is 3.87. The van der Waals surface area contributed by atoms with Gasteiger partial charge in [-0.15, -0.1) is 11.3 Å². The van der Waals surface area contributed by atoms with Crippen molar-refractivity contribution in [1.82, 2.24) is 4.98 Å². The number of nitrogens with zero attached hydrogens (tertiary/aromatic N) is 2. The highest BCUT2D eigenvalue weighted by Crippen LogP contribution is 2.24. The van der Waals surface area contributed by atoms with E-state index in [4.69, 9.17) is 0 Å². The van der Waals surface area contributed by atoms with Crippen molar-refractivity contribution in [1.29, 1.82) is 0 Å². The summed E-state index contributed by atoms with van der Waals surface area (Å²) in [4.78, 5) is 4.39. The van der Waals surface area contributed by atoms with E-state index in [2.05, 4.69) is 20.2 Å². The Morgan fingerprint density at radius 3 is 2.68 bits per heavy atom. The van der Waals surface area contributed by atoms with Crippen LogP contribution in [0, 0.1) is 5.82 Å². The molecule has 0 unspecified atom stereocenters. The fourth-order valence-corrected chi connectivity index (χ4v) is 2.69. The lowest BCUT2D eigenvalue weighted by molar-refractivity contribution is -0.0521. The standard InChI is InChI=1S/C17H12F3N3OS/c18-13-8-11(6-7-15(13)24-16(19)20)9-21-23-17-22-14(10-25-17)12-4-2-1-3-5-12/h1-10,16H,(H,22,23). The molecule has 0 radical (unpaired) electrons. The average molecular weight is 363 g/mol. The summed E-state index contributed by atoms with van der Waals surface area (Å²) in [7, 11) is 0. The first kappa shape index (κ1) is 17.0. The molecule has 128 valence electrons. The molecule has 0 saturated heterocycles. The summed E-state index contributed by atoms with van der Waals surface area (Å²) >= 11 is 1.38. The van der Waals surface area contributed by atoms with Crippen LogP contribution in [0.4, 0.5) is 18.3 Å². The zero-order valence-electron chi connectivity index (χ0n) is 12.7. The van der Waals surface area contributed by atoms with Gasteiger partial charge in [0.25, 0.3) is 0 Å². The molecule has 4 nitrogen and oxygen atoms in total. The number of hydrogen-bond acceptors (Lipinski definition) is 5. The van der Waals surface area contributed by atoms with E-state index in [1.165, 1.54) is 23.6 Å². The molecule has 8 heteroatoms. The van der Waals surface area contributed by atoms with E-state index in [0.29, 0.717) is 10.7 Å². The van der Waals surface area contributed by atoms with E-state index in [-0.39, 0.29) is 0 Å². The topological polar surface area (TPSA) is 46.5 Å². The summed E-state index contributed by atoms with van der Waals surface area (Å²) in [5.74, 6) is -1.39. The third-order valence-electron chi connectivity index (χ3n) is 3.12. The van der Waals surface area contributed by atoms with E-state index in [9.17, 15) is 13.2 Å². The van der Waals surface area contributed by atoms with Crippen molar-refractivity contribution in [3.63, 3.8) is 0 Å². The summed E-state index contributed by atoms with van der Waals surface area (Å²) < 4.78 is 41.8. The van der Waals surface area contributed by atoms with Gasteiger partial charge < -0.3 is 4.74 Å². The van der Waals surface area contributed by atoms with Gasteiger partial charge in [-0.1, -0.05) is 30.3 Å². The van der Waals surface area contributed by atoms with Crippen LogP contribution in [0.5, 0.6) is 5.75 Å². The van der Waals surface area contributed by atoms with Gasteiger partial charge in [0.2, 0.25) is 5.13 Å². The molecule has 3 aromatic rings. The molecule has 0 fully saturated rings. The maximum absolute atomic E-state index is 13.6. The minimum absolute atomic E-state index is 0.395. The molecule has 1 N–H and O–H groups in total. The van der Waals surface area contributed by atoms with E-state index < -0.39 is 18.2 Å². The molecule has 0 saturated carbocycles. The van der Waals surface area contributed by atoms with Crippen LogP contribution in [0.25, 0.3) is 11.3 Å².